The number of unbranched alkanes of at least 4 members (excludes halogenated alkanes) is 5. The largest absolute Gasteiger partial charge is 0.381 e. The predicted octanol–water partition coefficient (Wildman–Crippen LogP) is 3.75. The Morgan fingerprint density at radius 1 is 0.688 bits per heavy atom. The second-order valence-electron chi connectivity index (χ2n) is 4.48. The van der Waals surface area contributed by atoms with Crippen LogP contribution >= 0.6 is 0 Å². The maximum atomic E-state index is 5.49. The topological polar surface area (TPSA) is 21.3 Å². The highest BCUT2D eigenvalue weighted by Crippen LogP contribution is 2.00. The van der Waals surface area contributed by atoms with Crippen LogP contribution in [0.25, 0.3) is 0 Å². The summed E-state index contributed by atoms with van der Waals surface area (Å²) in [7, 11) is 0. The lowest BCUT2D eigenvalue weighted by atomic mass is 10.1. The fourth-order valence-corrected chi connectivity index (χ4v) is 1.63. The average Bonchev–Trinajstić information content (AvgIpc) is 2.31. The first-order valence-corrected chi connectivity index (χ1v) is 7.20. The van der Waals surface area contributed by atoms with Gasteiger partial charge in [0.2, 0.25) is 0 Å². The van der Waals surface area contributed by atoms with Crippen LogP contribution in [0, 0.1) is 0 Å². The standard InChI is InChI=1S/C14H31NO/c1-3-5-7-8-9-11-15-12-10-14-16-13-6-4-2/h15H,3-14H2,1-2H3. The summed E-state index contributed by atoms with van der Waals surface area (Å²) in [6.45, 7) is 8.61. The lowest BCUT2D eigenvalue weighted by Gasteiger charge is -2.05. The molecule has 0 aromatic carbocycles. The van der Waals surface area contributed by atoms with E-state index in [1.165, 1.54) is 51.5 Å². The highest BCUT2D eigenvalue weighted by atomic mass is 16.5. The van der Waals surface area contributed by atoms with Gasteiger partial charge in [-0.05, 0) is 32.4 Å². The Labute approximate surface area is 102 Å². The normalized spacial score (nSPS) is 10.9. The van der Waals surface area contributed by atoms with Gasteiger partial charge in [0.25, 0.3) is 0 Å². The number of nitrogens with one attached hydrogen (secondary N) is 1. The van der Waals surface area contributed by atoms with Gasteiger partial charge >= 0.3 is 0 Å². The summed E-state index contributed by atoms with van der Waals surface area (Å²) >= 11 is 0. The van der Waals surface area contributed by atoms with Crippen molar-refractivity contribution >= 4 is 0 Å². The van der Waals surface area contributed by atoms with E-state index in [-0.39, 0.29) is 0 Å². The van der Waals surface area contributed by atoms with Gasteiger partial charge in [0.05, 0.1) is 0 Å². The van der Waals surface area contributed by atoms with Gasteiger partial charge in [-0.25, -0.2) is 0 Å². The highest BCUT2D eigenvalue weighted by Gasteiger charge is 1.91. The SMILES string of the molecule is CCCCCCCNCCCOCCCC. The minimum atomic E-state index is 0.919. The fourth-order valence-electron chi connectivity index (χ4n) is 1.63. The second kappa shape index (κ2) is 14.9. The van der Waals surface area contributed by atoms with Gasteiger partial charge in [-0.15, -0.1) is 0 Å². The van der Waals surface area contributed by atoms with Crippen molar-refractivity contribution in [2.24, 2.45) is 0 Å². The van der Waals surface area contributed by atoms with E-state index in [4.69, 9.17) is 4.74 Å². The van der Waals surface area contributed by atoms with E-state index >= 15 is 0 Å². The molecule has 0 rings (SSSR count). The van der Waals surface area contributed by atoms with Crippen molar-refractivity contribution < 1.29 is 4.74 Å². The molecule has 0 aliphatic rings. The molecule has 0 fully saturated rings. The Hall–Kier alpha value is -0.0800. The molecule has 0 saturated carbocycles. The maximum Gasteiger partial charge on any atom is 0.0478 e. The van der Waals surface area contributed by atoms with E-state index in [1.54, 1.807) is 0 Å². The van der Waals surface area contributed by atoms with Gasteiger partial charge in [0.15, 0.2) is 0 Å². The Kier molecular flexibility index (Phi) is 14.8. The van der Waals surface area contributed by atoms with Crippen molar-refractivity contribution in [2.75, 3.05) is 26.3 Å². The van der Waals surface area contributed by atoms with E-state index in [9.17, 15) is 0 Å². The van der Waals surface area contributed by atoms with Crippen LogP contribution in [0.5, 0.6) is 0 Å². The third-order valence-corrected chi connectivity index (χ3v) is 2.74. The molecule has 98 valence electrons. The average molecular weight is 229 g/mol. The Morgan fingerprint density at radius 3 is 2.06 bits per heavy atom. The van der Waals surface area contributed by atoms with Crippen molar-refractivity contribution in [3.05, 3.63) is 0 Å². The van der Waals surface area contributed by atoms with Crippen molar-refractivity contribution in [2.45, 2.75) is 65.2 Å². The zero-order valence-electron chi connectivity index (χ0n) is 11.4. The summed E-state index contributed by atoms with van der Waals surface area (Å²) in [5.41, 5.74) is 0. The number of ether oxygens (including phenoxy) is 1. The maximum absolute atomic E-state index is 5.49. The lowest BCUT2D eigenvalue weighted by Crippen LogP contribution is -2.18. The Balaban J connectivity index is 2.83. The molecule has 1 N–H and O–H groups in total. The van der Waals surface area contributed by atoms with Crippen LogP contribution in [0.15, 0.2) is 0 Å². The van der Waals surface area contributed by atoms with Crippen LogP contribution in [0.3, 0.4) is 0 Å². The summed E-state index contributed by atoms with van der Waals surface area (Å²) in [6, 6.07) is 0. The smallest absolute Gasteiger partial charge is 0.0478 e. The van der Waals surface area contributed by atoms with Gasteiger partial charge < -0.3 is 10.1 Å². The first kappa shape index (κ1) is 15.9. The molecule has 0 aromatic heterocycles. The minimum absolute atomic E-state index is 0.919. The van der Waals surface area contributed by atoms with Gasteiger partial charge in [-0.3, -0.25) is 0 Å². The predicted molar refractivity (Wildman–Crippen MR) is 72.0 cm³/mol. The van der Waals surface area contributed by atoms with Crippen LogP contribution in [0.4, 0.5) is 0 Å². The molecule has 0 atom stereocenters. The van der Waals surface area contributed by atoms with Gasteiger partial charge in [0.1, 0.15) is 0 Å². The first-order chi connectivity index (χ1) is 7.91. The number of hydrogen-bond donors (Lipinski definition) is 1. The lowest BCUT2D eigenvalue weighted by molar-refractivity contribution is 0.129. The van der Waals surface area contributed by atoms with Gasteiger partial charge in [0, 0.05) is 13.2 Å². The number of rotatable bonds is 13. The molecule has 2 heteroatoms. The van der Waals surface area contributed by atoms with E-state index in [0.29, 0.717) is 0 Å². The molecule has 0 unspecified atom stereocenters. The molecule has 0 amide bonds. The molecule has 16 heavy (non-hydrogen) atoms. The Morgan fingerprint density at radius 2 is 1.31 bits per heavy atom. The molecule has 0 radical (unpaired) electrons. The van der Waals surface area contributed by atoms with Crippen molar-refractivity contribution in [1.29, 1.82) is 0 Å². The summed E-state index contributed by atoms with van der Waals surface area (Å²) in [6.07, 6.45) is 10.4. The van der Waals surface area contributed by atoms with Gasteiger partial charge in [-0.2, -0.15) is 0 Å². The summed E-state index contributed by atoms with van der Waals surface area (Å²) in [4.78, 5) is 0. The van der Waals surface area contributed by atoms with Crippen molar-refractivity contribution in [3.63, 3.8) is 0 Å². The zero-order chi connectivity index (χ0) is 11.9. The second-order valence-corrected chi connectivity index (χ2v) is 4.48. The quantitative estimate of drug-likeness (QED) is 0.486. The Bertz CT molecular complexity index is 103. The molecular weight excluding hydrogens is 198 g/mol. The zero-order valence-corrected chi connectivity index (χ0v) is 11.4. The summed E-state index contributed by atoms with van der Waals surface area (Å²) in [5, 5.41) is 3.47. The van der Waals surface area contributed by atoms with Crippen molar-refractivity contribution in [3.8, 4) is 0 Å². The molecule has 0 aromatic rings. The van der Waals surface area contributed by atoms with Gasteiger partial charge in [-0.1, -0.05) is 46.0 Å². The summed E-state index contributed by atoms with van der Waals surface area (Å²) < 4.78 is 5.49. The van der Waals surface area contributed by atoms with E-state index in [2.05, 4.69) is 19.2 Å². The van der Waals surface area contributed by atoms with Crippen molar-refractivity contribution in [1.82, 2.24) is 5.32 Å². The first-order valence-electron chi connectivity index (χ1n) is 7.20. The molecule has 0 spiro atoms. The summed E-state index contributed by atoms with van der Waals surface area (Å²) in [5.74, 6) is 0. The third kappa shape index (κ3) is 13.9. The third-order valence-electron chi connectivity index (χ3n) is 2.74. The van der Waals surface area contributed by atoms with Crippen LogP contribution < -0.4 is 5.32 Å². The van der Waals surface area contributed by atoms with E-state index in [1.807, 2.05) is 0 Å². The van der Waals surface area contributed by atoms with Crippen LogP contribution in [0.2, 0.25) is 0 Å². The molecule has 0 bridgehead atoms. The molecule has 0 saturated heterocycles. The van der Waals surface area contributed by atoms with E-state index in [0.717, 1.165) is 26.2 Å². The van der Waals surface area contributed by atoms with Crippen LogP contribution in [-0.2, 0) is 4.74 Å². The monoisotopic (exact) mass is 229 g/mol. The molecule has 2 nitrogen and oxygen atoms in total. The fraction of sp³-hybridized carbons (Fsp3) is 1.00. The number of hydrogen-bond acceptors (Lipinski definition) is 2. The molecular formula is C14H31NO. The molecule has 0 heterocycles. The molecule has 0 aliphatic carbocycles. The van der Waals surface area contributed by atoms with Crippen LogP contribution in [0.1, 0.15) is 65.2 Å². The minimum Gasteiger partial charge on any atom is -0.381 e. The van der Waals surface area contributed by atoms with E-state index < -0.39 is 0 Å². The molecule has 0 aliphatic heterocycles. The highest BCUT2D eigenvalue weighted by molar-refractivity contribution is 4.49. The van der Waals surface area contributed by atoms with Crippen LogP contribution in [-0.4, -0.2) is 26.3 Å².